The molecule has 1 nitrogen and oxygen atoms in total. The lowest BCUT2D eigenvalue weighted by Crippen LogP contribution is -2.15. The van der Waals surface area contributed by atoms with Gasteiger partial charge in [0.2, 0.25) is 0 Å². The van der Waals surface area contributed by atoms with Gasteiger partial charge in [0.05, 0.1) is 0 Å². The van der Waals surface area contributed by atoms with Gasteiger partial charge in [-0.05, 0) is 61.8 Å². The highest BCUT2D eigenvalue weighted by Gasteiger charge is 2.18. The highest BCUT2D eigenvalue weighted by molar-refractivity contribution is 5.40. The maximum atomic E-state index is 5.42. The summed E-state index contributed by atoms with van der Waals surface area (Å²) in [6.45, 7) is 8.53. The maximum Gasteiger partial charge on any atom is 0.0471 e. The Morgan fingerprint density at radius 3 is 2.33 bits per heavy atom. The van der Waals surface area contributed by atoms with E-state index in [9.17, 15) is 0 Å². The summed E-state index contributed by atoms with van der Waals surface area (Å²) in [6, 6.07) is 4.57. The molecule has 0 spiro atoms. The molecule has 0 saturated carbocycles. The zero-order valence-electron chi connectivity index (χ0n) is 9.97. The van der Waals surface area contributed by atoms with Gasteiger partial charge in [-0.25, -0.2) is 0 Å². The van der Waals surface area contributed by atoms with Crippen molar-refractivity contribution in [1.29, 1.82) is 0 Å². The van der Waals surface area contributed by atoms with Gasteiger partial charge < -0.3 is 4.74 Å². The second kappa shape index (κ2) is 4.36. The third-order valence-corrected chi connectivity index (χ3v) is 3.76. The second-order valence-corrected chi connectivity index (χ2v) is 4.61. The highest BCUT2D eigenvalue weighted by Crippen LogP contribution is 2.31. The van der Waals surface area contributed by atoms with E-state index in [0.29, 0.717) is 0 Å². The molecule has 0 aliphatic carbocycles. The monoisotopic (exact) mass is 204 g/mol. The van der Waals surface area contributed by atoms with Crippen molar-refractivity contribution in [3.63, 3.8) is 0 Å². The van der Waals surface area contributed by atoms with Crippen molar-refractivity contribution in [2.75, 3.05) is 13.2 Å². The average Bonchev–Trinajstić information content (AvgIpc) is 2.27. The Hall–Kier alpha value is -0.820. The molecule has 0 bridgehead atoms. The minimum Gasteiger partial charge on any atom is -0.381 e. The lowest BCUT2D eigenvalue weighted by molar-refractivity contribution is 0.0852. The van der Waals surface area contributed by atoms with Crippen LogP contribution >= 0.6 is 0 Å². The first-order valence-corrected chi connectivity index (χ1v) is 5.84. The van der Waals surface area contributed by atoms with Crippen molar-refractivity contribution >= 4 is 0 Å². The van der Waals surface area contributed by atoms with E-state index in [0.717, 1.165) is 19.1 Å². The van der Waals surface area contributed by atoms with E-state index in [-0.39, 0.29) is 0 Å². The lowest BCUT2D eigenvalue weighted by atomic mass is 9.86. The van der Waals surface area contributed by atoms with Gasteiger partial charge in [-0.1, -0.05) is 12.1 Å². The van der Waals surface area contributed by atoms with Gasteiger partial charge in [-0.15, -0.1) is 0 Å². The molecule has 15 heavy (non-hydrogen) atoms. The predicted octanol–water partition coefficient (Wildman–Crippen LogP) is 3.51. The molecule has 0 aromatic heterocycles. The summed E-state index contributed by atoms with van der Waals surface area (Å²) in [6.07, 6.45) is 2.37. The Morgan fingerprint density at radius 2 is 1.67 bits per heavy atom. The van der Waals surface area contributed by atoms with E-state index in [4.69, 9.17) is 4.74 Å². The summed E-state index contributed by atoms with van der Waals surface area (Å²) in [5, 5.41) is 0. The van der Waals surface area contributed by atoms with E-state index in [2.05, 4.69) is 32.9 Å². The van der Waals surface area contributed by atoms with Gasteiger partial charge in [0.25, 0.3) is 0 Å². The number of rotatable bonds is 1. The summed E-state index contributed by atoms with van der Waals surface area (Å²) >= 11 is 0. The first-order valence-electron chi connectivity index (χ1n) is 5.84. The fourth-order valence-corrected chi connectivity index (χ4v) is 2.43. The van der Waals surface area contributed by atoms with Gasteiger partial charge in [0.15, 0.2) is 0 Å². The van der Waals surface area contributed by atoms with Crippen LogP contribution in [0.25, 0.3) is 0 Å². The van der Waals surface area contributed by atoms with Crippen LogP contribution < -0.4 is 0 Å². The van der Waals surface area contributed by atoms with Crippen LogP contribution in [0.15, 0.2) is 12.1 Å². The largest absolute Gasteiger partial charge is 0.381 e. The first-order chi connectivity index (χ1) is 7.20. The van der Waals surface area contributed by atoms with Gasteiger partial charge in [-0.3, -0.25) is 0 Å². The molecule has 1 aromatic rings. The average molecular weight is 204 g/mol. The van der Waals surface area contributed by atoms with Crippen molar-refractivity contribution in [3.05, 3.63) is 34.4 Å². The number of hydrogen-bond donors (Lipinski definition) is 0. The Balaban J connectivity index is 2.31. The van der Waals surface area contributed by atoms with Crippen molar-refractivity contribution in [2.45, 2.75) is 39.5 Å². The van der Waals surface area contributed by atoms with Crippen LogP contribution in [0, 0.1) is 20.8 Å². The summed E-state index contributed by atoms with van der Waals surface area (Å²) in [4.78, 5) is 0. The second-order valence-electron chi connectivity index (χ2n) is 4.61. The van der Waals surface area contributed by atoms with Crippen molar-refractivity contribution in [2.24, 2.45) is 0 Å². The van der Waals surface area contributed by atoms with Crippen molar-refractivity contribution in [3.8, 4) is 0 Å². The number of aryl methyl sites for hydroxylation is 1. The molecule has 1 aliphatic rings. The molecule has 1 heterocycles. The number of benzene rings is 1. The van der Waals surface area contributed by atoms with Gasteiger partial charge in [0, 0.05) is 13.2 Å². The minimum atomic E-state index is 0.720. The SMILES string of the molecule is Cc1ccc(C2CCOCC2)c(C)c1C. The third-order valence-electron chi connectivity index (χ3n) is 3.76. The minimum absolute atomic E-state index is 0.720. The maximum absolute atomic E-state index is 5.42. The molecule has 0 N–H and O–H groups in total. The van der Waals surface area contributed by atoms with Crippen LogP contribution in [0.2, 0.25) is 0 Å². The Bertz CT molecular complexity index is 349. The molecule has 1 fully saturated rings. The fourth-order valence-electron chi connectivity index (χ4n) is 2.43. The molecule has 1 aromatic carbocycles. The lowest BCUT2D eigenvalue weighted by Gasteiger charge is -2.25. The van der Waals surface area contributed by atoms with E-state index in [1.54, 1.807) is 5.56 Å². The van der Waals surface area contributed by atoms with Crippen LogP contribution in [0.5, 0.6) is 0 Å². The molecule has 0 unspecified atom stereocenters. The topological polar surface area (TPSA) is 9.23 Å². The molecule has 2 rings (SSSR count). The number of ether oxygens (including phenoxy) is 1. The summed E-state index contributed by atoms with van der Waals surface area (Å²) in [7, 11) is 0. The smallest absolute Gasteiger partial charge is 0.0471 e. The Labute approximate surface area is 92.5 Å². The number of hydrogen-bond acceptors (Lipinski definition) is 1. The standard InChI is InChI=1S/C14H20O/c1-10-4-5-14(12(3)11(10)2)13-6-8-15-9-7-13/h4-5,13H,6-9H2,1-3H3. The zero-order valence-corrected chi connectivity index (χ0v) is 9.97. The van der Waals surface area contributed by atoms with Crippen LogP contribution in [0.3, 0.4) is 0 Å². The predicted molar refractivity (Wildman–Crippen MR) is 63.4 cm³/mol. The van der Waals surface area contributed by atoms with Gasteiger partial charge in [0.1, 0.15) is 0 Å². The van der Waals surface area contributed by atoms with Gasteiger partial charge in [-0.2, -0.15) is 0 Å². The molecular weight excluding hydrogens is 184 g/mol. The summed E-state index contributed by atoms with van der Waals surface area (Å²) < 4.78 is 5.42. The molecule has 1 saturated heterocycles. The molecule has 82 valence electrons. The summed E-state index contributed by atoms with van der Waals surface area (Å²) in [5.41, 5.74) is 5.89. The Morgan fingerprint density at radius 1 is 1.00 bits per heavy atom. The first kappa shape index (κ1) is 10.7. The van der Waals surface area contributed by atoms with Crippen LogP contribution in [-0.4, -0.2) is 13.2 Å². The van der Waals surface area contributed by atoms with E-state index >= 15 is 0 Å². The molecule has 1 aliphatic heterocycles. The van der Waals surface area contributed by atoms with E-state index in [1.807, 2.05) is 0 Å². The van der Waals surface area contributed by atoms with Gasteiger partial charge >= 0.3 is 0 Å². The molecular formula is C14H20O. The summed E-state index contributed by atoms with van der Waals surface area (Å²) in [5.74, 6) is 0.720. The van der Waals surface area contributed by atoms with Crippen LogP contribution in [0.4, 0.5) is 0 Å². The quantitative estimate of drug-likeness (QED) is 0.680. The van der Waals surface area contributed by atoms with E-state index in [1.165, 1.54) is 29.5 Å². The van der Waals surface area contributed by atoms with Crippen LogP contribution in [0.1, 0.15) is 41.0 Å². The Kier molecular flexibility index (Phi) is 3.11. The van der Waals surface area contributed by atoms with E-state index < -0.39 is 0 Å². The molecule has 0 amide bonds. The molecule has 1 heteroatoms. The van der Waals surface area contributed by atoms with Crippen LogP contribution in [-0.2, 0) is 4.74 Å². The molecule has 0 radical (unpaired) electrons. The third kappa shape index (κ3) is 2.07. The normalized spacial score (nSPS) is 18.1. The molecule has 0 atom stereocenters. The van der Waals surface area contributed by atoms with Crippen molar-refractivity contribution in [1.82, 2.24) is 0 Å². The highest BCUT2D eigenvalue weighted by atomic mass is 16.5. The van der Waals surface area contributed by atoms with Crippen molar-refractivity contribution < 1.29 is 4.74 Å². The fraction of sp³-hybridized carbons (Fsp3) is 0.571. The zero-order chi connectivity index (χ0) is 10.8.